The van der Waals surface area contributed by atoms with Crippen molar-refractivity contribution in [1.29, 1.82) is 0 Å². The van der Waals surface area contributed by atoms with Gasteiger partial charge in [-0.3, -0.25) is 0 Å². The molecule has 0 aliphatic carbocycles. The van der Waals surface area contributed by atoms with Crippen LogP contribution in [0.2, 0.25) is 11.8 Å². The number of unbranched alkanes of at least 4 members (excludes halogenated alkanes) is 18. The summed E-state index contributed by atoms with van der Waals surface area (Å²) in [6.07, 6.45) is 33.8. The van der Waals surface area contributed by atoms with Gasteiger partial charge in [-0.15, -0.1) is 11.8 Å². The molecule has 1 heterocycles. The predicted molar refractivity (Wildman–Crippen MR) is 235 cm³/mol. The Morgan fingerprint density at radius 2 is 0.926 bits per heavy atom. The van der Waals surface area contributed by atoms with E-state index in [1.807, 2.05) is 0 Å². The van der Waals surface area contributed by atoms with Crippen LogP contribution in [0, 0.1) is 11.8 Å². The predicted octanol–water partition coefficient (Wildman–Crippen LogP) is 16.9. The van der Waals surface area contributed by atoms with E-state index in [1.165, 1.54) is 137 Å². The second kappa shape index (κ2) is 31.7. The summed E-state index contributed by atoms with van der Waals surface area (Å²) in [5.41, 5.74) is 21.7. The molecule has 0 aromatic heterocycles. The molecule has 0 bridgehead atoms. The standard InChI is InChI=1S/C49H74N2.2CH3.Ni/c1-5-9-13-14-15-16-17-18-19-20-21-22-23-24-25-26-27-28-29-33-43-34-30-31-37-45(43)49-47(36-12-8-4)46(35-11-7-3)48(51(49)50)44-40-38-42(39-41-44)32-10-6-2;;;/h30-31,34,37-41H,5-26,29,32-33,35-36H2,1-4H3;2*1H3;. The molecule has 3 rings (SSSR count). The molecule has 0 saturated carbocycles. The zero-order chi connectivity index (χ0) is 39.1. The first kappa shape index (κ1) is 47.7. The van der Waals surface area contributed by atoms with Gasteiger partial charge >= 0.3 is 26.2 Å². The minimum absolute atomic E-state index is 0.862. The van der Waals surface area contributed by atoms with E-state index in [0.717, 1.165) is 81.2 Å². The molecule has 0 fully saturated rings. The van der Waals surface area contributed by atoms with E-state index in [0.29, 0.717) is 0 Å². The van der Waals surface area contributed by atoms with Crippen molar-refractivity contribution < 1.29 is 19.1 Å². The summed E-state index contributed by atoms with van der Waals surface area (Å²) in [5, 5.41) is 0. The van der Waals surface area contributed by atoms with Crippen LogP contribution in [0.15, 0.2) is 59.7 Å². The number of hydrogen-bond donors (Lipinski definition) is 0. The van der Waals surface area contributed by atoms with Crippen LogP contribution in [0.25, 0.3) is 16.9 Å². The Morgan fingerprint density at radius 3 is 1.46 bits per heavy atom. The molecule has 2 aromatic rings. The molecule has 0 N–H and O–H groups in total. The maximum absolute atomic E-state index is 12.1. The first-order valence-corrected chi connectivity index (χ1v) is 24.4. The average molecular weight is 780 g/mol. The van der Waals surface area contributed by atoms with Gasteiger partial charge in [0.05, 0.1) is 0 Å². The normalized spacial score (nSPS) is 12.7. The molecule has 304 valence electrons. The number of rotatable bonds is 28. The van der Waals surface area contributed by atoms with Gasteiger partial charge in [-0.05, 0) is 80.7 Å². The van der Waals surface area contributed by atoms with Crippen molar-refractivity contribution in [2.75, 3.05) is 0 Å². The molecule has 2 aromatic carbocycles. The Hall–Kier alpha value is -2.43. The van der Waals surface area contributed by atoms with Gasteiger partial charge in [0.15, 0.2) is 0 Å². The van der Waals surface area contributed by atoms with E-state index in [9.17, 15) is 5.53 Å². The van der Waals surface area contributed by atoms with Gasteiger partial charge in [0.1, 0.15) is 0 Å². The van der Waals surface area contributed by atoms with Crippen LogP contribution in [0.4, 0.5) is 0 Å². The second-order valence-corrected chi connectivity index (χ2v) is 16.5. The van der Waals surface area contributed by atoms with E-state index >= 15 is 0 Å². The fourth-order valence-corrected chi connectivity index (χ4v) is 7.61. The Labute approximate surface area is 341 Å². The summed E-state index contributed by atoms with van der Waals surface area (Å²) in [5.74, 6) is 11.1. The molecule has 0 radical (unpaired) electrons. The van der Waals surface area contributed by atoms with Crippen LogP contribution in [0.1, 0.15) is 210 Å². The third kappa shape index (κ3) is 18.5. The van der Waals surface area contributed by atoms with Crippen molar-refractivity contribution in [3.8, 4) is 11.8 Å². The third-order valence-electron chi connectivity index (χ3n) is 10.8. The molecule has 1 aliphatic rings. The molecule has 0 unspecified atom stereocenters. The summed E-state index contributed by atoms with van der Waals surface area (Å²) in [6, 6.07) is 17.7. The minimum atomic E-state index is 0.862. The molecule has 1 aliphatic heterocycles. The zero-order valence-electron chi connectivity index (χ0n) is 35.9. The Balaban J connectivity index is 0.00000325. The Bertz CT molecular complexity index is 1400. The first-order valence-electron chi connectivity index (χ1n) is 22.4. The maximum atomic E-state index is 12.1. The van der Waals surface area contributed by atoms with Crippen molar-refractivity contribution in [3.05, 3.63) is 87.5 Å². The van der Waals surface area contributed by atoms with Crippen molar-refractivity contribution >= 4 is 11.4 Å². The van der Waals surface area contributed by atoms with Gasteiger partial charge in [0, 0.05) is 35.1 Å². The SMILES string of the molecule is CCCCCCCCCCCCCCCCCC#CCCc1ccccc1C1=C(CCCC)C(CCCC)=C(c2ccc(CCCC)cc2)[N+]1=[N-].[CH3][Ni][CH3]. The van der Waals surface area contributed by atoms with Crippen molar-refractivity contribution in [2.45, 2.75) is 213 Å². The van der Waals surface area contributed by atoms with Gasteiger partial charge in [-0.1, -0.05) is 167 Å². The fourth-order valence-electron chi connectivity index (χ4n) is 7.61. The number of aryl methyl sites for hydroxylation is 2. The van der Waals surface area contributed by atoms with Crippen molar-refractivity contribution in [3.63, 3.8) is 0 Å². The summed E-state index contributed by atoms with van der Waals surface area (Å²) in [7, 11) is 0. The van der Waals surface area contributed by atoms with E-state index in [-0.39, 0.29) is 0 Å². The van der Waals surface area contributed by atoms with Crippen LogP contribution in [-0.2, 0) is 27.3 Å². The second-order valence-electron chi connectivity index (χ2n) is 15.5. The van der Waals surface area contributed by atoms with Gasteiger partial charge in [0.2, 0.25) is 11.4 Å². The average Bonchev–Trinajstić information content (AvgIpc) is 3.46. The molecule has 2 nitrogen and oxygen atoms in total. The van der Waals surface area contributed by atoms with E-state index < -0.39 is 0 Å². The summed E-state index contributed by atoms with van der Waals surface area (Å²) in [4.78, 5) is 0. The number of nitrogens with zero attached hydrogens (tertiary/aromatic N) is 2. The van der Waals surface area contributed by atoms with Crippen LogP contribution in [0.5, 0.6) is 0 Å². The van der Waals surface area contributed by atoms with Crippen LogP contribution in [0.3, 0.4) is 0 Å². The summed E-state index contributed by atoms with van der Waals surface area (Å²) < 4.78 is 1.55. The Kier molecular flexibility index (Phi) is 28.1. The summed E-state index contributed by atoms with van der Waals surface area (Å²) >= 11 is 1.62. The van der Waals surface area contributed by atoms with Gasteiger partial charge in [-0.2, -0.15) is 0 Å². The van der Waals surface area contributed by atoms with Crippen LogP contribution in [-0.4, -0.2) is 4.70 Å². The fraction of sp³-hybridized carbons (Fsp3) is 0.647. The zero-order valence-corrected chi connectivity index (χ0v) is 36.9. The van der Waals surface area contributed by atoms with E-state index in [4.69, 9.17) is 0 Å². The van der Waals surface area contributed by atoms with Crippen molar-refractivity contribution in [1.82, 2.24) is 0 Å². The monoisotopic (exact) mass is 779 g/mol. The molecule has 0 spiro atoms. The summed E-state index contributed by atoms with van der Waals surface area (Å²) in [6.45, 7) is 9.08. The molecule has 0 saturated heterocycles. The molecular formula is C51H80N2Ni. The first-order chi connectivity index (χ1) is 26.6. The molecule has 3 heteroatoms. The molecule has 0 amide bonds. The molecule has 54 heavy (non-hydrogen) atoms. The number of allylic oxidation sites excluding steroid dienone is 2. The van der Waals surface area contributed by atoms with Crippen LogP contribution >= 0.6 is 0 Å². The Morgan fingerprint density at radius 1 is 0.481 bits per heavy atom. The van der Waals surface area contributed by atoms with Gasteiger partial charge in [-0.25, -0.2) is 4.70 Å². The number of benzene rings is 2. The van der Waals surface area contributed by atoms with Gasteiger partial charge < -0.3 is 5.53 Å². The number of hydrogen-bond acceptors (Lipinski definition) is 0. The third-order valence-corrected chi connectivity index (χ3v) is 10.8. The molecule has 0 atom stereocenters. The van der Waals surface area contributed by atoms with E-state index in [1.54, 1.807) is 19.1 Å². The van der Waals surface area contributed by atoms with Gasteiger partial charge in [0.25, 0.3) is 0 Å². The molecular weight excluding hydrogens is 699 g/mol. The van der Waals surface area contributed by atoms with E-state index in [2.05, 4.69) is 99.9 Å². The van der Waals surface area contributed by atoms with Crippen LogP contribution < -0.4 is 0 Å². The van der Waals surface area contributed by atoms with Crippen molar-refractivity contribution in [2.24, 2.45) is 0 Å². The quantitative estimate of drug-likeness (QED) is 0.0356. The topological polar surface area (TPSA) is 25.3 Å².